The molecule has 128 valence electrons. The van der Waals surface area contributed by atoms with Crippen molar-refractivity contribution >= 4 is 5.91 Å². The Morgan fingerprint density at radius 2 is 1.83 bits per heavy atom. The minimum absolute atomic E-state index is 0.0101. The number of aromatic nitrogens is 1. The molecule has 0 spiro atoms. The number of nitrogens with zero attached hydrogens (tertiary/aromatic N) is 1. The molecule has 0 saturated heterocycles. The summed E-state index contributed by atoms with van der Waals surface area (Å²) in [5, 5.41) is 2.75. The van der Waals surface area contributed by atoms with Gasteiger partial charge in [-0.05, 0) is 49.7 Å². The van der Waals surface area contributed by atoms with Crippen LogP contribution in [0, 0.1) is 0 Å². The lowest BCUT2D eigenvalue weighted by Gasteiger charge is -2.19. The van der Waals surface area contributed by atoms with Gasteiger partial charge in [0.25, 0.3) is 5.91 Å². The van der Waals surface area contributed by atoms with Crippen LogP contribution in [0.25, 0.3) is 0 Å². The minimum Gasteiger partial charge on any atom is -0.481 e. The summed E-state index contributed by atoms with van der Waals surface area (Å²) in [4.78, 5) is 16.0. The molecule has 1 aromatic carbocycles. The van der Waals surface area contributed by atoms with E-state index >= 15 is 0 Å². The number of hydrogen-bond donors (Lipinski definition) is 1. The van der Waals surface area contributed by atoms with E-state index in [0.717, 1.165) is 17.7 Å². The second kappa shape index (κ2) is 7.33. The first-order valence-corrected chi connectivity index (χ1v) is 7.31. The lowest BCUT2D eigenvalue weighted by Crippen LogP contribution is -2.37. The quantitative estimate of drug-likeness (QED) is 0.903. The SMILES string of the molecule is C[C@@H](Oc1cccc(C(F)(F)F)c1)C(=O)N[C@H](C)c1ccncc1. The highest BCUT2D eigenvalue weighted by Crippen LogP contribution is 2.31. The van der Waals surface area contributed by atoms with Gasteiger partial charge in [-0.15, -0.1) is 0 Å². The molecule has 2 rings (SSSR count). The molecule has 0 aliphatic rings. The summed E-state index contributed by atoms with van der Waals surface area (Å²) in [6.07, 6.45) is -2.17. The van der Waals surface area contributed by atoms with Gasteiger partial charge in [0, 0.05) is 12.4 Å². The number of hydrogen-bond acceptors (Lipinski definition) is 3. The fourth-order valence-electron chi connectivity index (χ4n) is 2.07. The van der Waals surface area contributed by atoms with E-state index < -0.39 is 23.8 Å². The van der Waals surface area contributed by atoms with Crippen molar-refractivity contribution in [2.24, 2.45) is 0 Å². The van der Waals surface area contributed by atoms with Gasteiger partial charge in [0.1, 0.15) is 5.75 Å². The molecule has 0 aliphatic carbocycles. The molecule has 1 aromatic heterocycles. The number of carbonyl (C=O) groups excluding carboxylic acids is 1. The van der Waals surface area contributed by atoms with E-state index in [0.29, 0.717) is 0 Å². The average Bonchev–Trinajstić information content (AvgIpc) is 2.55. The first kappa shape index (κ1) is 17.8. The Hall–Kier alpha value is -2.57. The first-order chi connectivity index (χ1) is 11.3. The van der Waals surface area contributed by atoms with Crippen LogP contribution in [-0.2, 0) is 11.0 Å². The third-order valence-corrected chi connectivity index (χ3v) is 3.41. The number of nitrogens with one attached hydrogen (secondary N) is 1. The average molecular weight is 338 g/mol. The van der Waals surface area contributed by atoms with Crippen molar-refractivity contribution in [2.75, 3.05) is 0 Å². The Balaban J connectivity index is 1.99. The van der Waals surface area contributed by atoms with Gasteiger partial charge in [0.05, 0.1) is 11.6 Å². The summed E-state index contributed by atoms with van der Waals surface area (Å²) in [5.74, 6) is -0.430. The lowest BCUT2D eigenvalue weighted by molar-refractivity contribution is -0.137. The van der Waals surface area contributed by atoms with Crippen LogP contribution >= 0.6 is 0 Å². The highest BCUT2D eigenvalue weighted by Gasteiger charge is 2.31. The Labute approximate surface area is 137 Å². The largest absolute Gasteiger partial charge is 0.481 e. The second-order valence-electron chi connectivity index (χ2n) is 5.30. The van der Waals surface area contributed by atoms with Crippen LogP contribution in [0.15, 0.2) is 48.8 Å². The smallest absolute Gasteiger partial charge is 0.416 e. The monoisotopic (exact) mass is 338 g/mol. The molecule has 24 heavy (non-hydrogen) atoms. The van der Waals surface area contributed by atoms with Crippen molar-refractivity contribution in [2.45, 2.75) is 32.2 Å². The molecule has 1 N–H and O–H groups in total. The van der Waals surface area contributed by atoms with Crippen molar-refractivity contribution in [3.8, 4) is 5.75 Å². The van der Waals surface area contributed by atoms with Crippen LogP contribution in [0.5, 0.6) is 5.75 Å². The molecule has 0 saturated carbocycles. The van der Waals surface area contributed by atoms with Crippen LogP contribution < -0.4 is 10.1 Å². The third-order valence-electron chi connectivity index (χ3n) is 3.41. The normalized spacial score (nSPS) is 13.9. The van der Waals surface area contributed by atoms with Crippen molar-refractivity contribution in [3.05, 3.63) is 59.9 Å². The molecule has 0 aliphatic heterocycles. The van der Waals surface area contributed by atoms with Gasteiger partial charge in [0.15, 0.2) is 6.10 Å². The molecular formula is C17H17F3N2O2. The van der Waals surface area contributed by atoms with Crippen LogP contribution in [-0.4, -0.2) is 17.0 Å². The van der Waals surface area contributed by atoms with Gasteiger partial charge in [-0.25, -0.2) is 0 Å². The van der Waals surface area contributed by atoms with E-state index in [2.05, 4.69) is 10.3 Å². The summed E-state index contributed by atoms with van der Waals surface area (Å²) in [6, 6.07) is 7.70. The summed E-state index contributed by atoms with van der Waals surface area (Å²) in [7, 11) is 0. The molecular weight excluding hydrogens is 321 g/mol. The zero-order valence-corrected chi connectivity index (χ0v) is 13.2. The topological polar surface area (TPSA) is 51.2 Å². The first-order valence-electron chi connectivity index (χ1n) is 7.31. The zero-order valence-electron chi connectivity index (χ0n) is 13.2. The summed E-state index contributed by atoms with van der Waals surface area (Å²) in [6.45, 7) is 3.28. The van der Waals surface area contributed by atoms with Crippen LogP contribution in [0.1, 0.15) is 31.0 Å². The minimum atomic E-state index is -4.46. The number of alkyl halides is 3. The van der Waals surface area contributed by atoms with E-state index in [9.17, 15) is 18.0 Å². The van der Waals surface area contributed by atoms with Gasteiger partial charge in [-0.2, -0.15) is 13.2 Å². The number of ether oxygens (including phenoxy) is 1. The van der Waals surface area contributed by atoms with E-state index in [4.69, 9.17) is 4.74 Å². The molecule has 2 aromatic rings. The fraction of sp³-hybridized carbons (Fsp3) is 0.294. The predicted octanol–water partition coefficient (Wildman–Crippen LogP) is 3.75. The standard InChI is InChI=1S/C17H17F3N2O2/c1-11(13-6-8-21-9-7-13)22-16(23)12(2)24-15-5-3-4-14(10-15)17(18,19)20/h3-12H,1-2H3,(H,22,23)/t11-,12-/m1/s1. The van der Waals surface area contributed by atoms with E-state index in [1.54, 1.807) is 31.5 Å². The molecule has 0 unspecified atom stereocenters. The van der Waals surface area contributed by atoms with Gasteiger partial charge in [0.2, 0.25) is 0 Å². The van der Waals surface area contributed by atoms with E-state index in [1.807, 2.05) is 0 Å². The molecule has 4 nitrogen and oxygen atoms in total. The van der Waals surface area contributed by atoms with E-state index in [-0.39, 0.29) is 11.8 Å². The maximum Gasteiger partial charge on any atom is 0.416 e. The maximum atomic E-state index is 12.7. The molecule has 0 bridgehead atoms. The highest BCUT2D eigenvalue weighted by atomic mass is 19.4. The Kier molecular flexibility index (Phi) is 5.43. The molecule has 0 fully saturated rings. The summed E-state index contributed by atoms with van der Waals surface area (Å²) in [5.41, 5.74) is 0.0439. The number of benzene rings is 1. The molecule has 1 amide bonds. The summed E-state index contributed by atoms with van der Waals surface area (Å²) < 4.78 is 43.4. The number of carbonyl (C=O) groups is 1. The molecule has 0 radical (unpaired) electrons. The fourth-order valence-corrected chi connectivity index (χ4v) is 2.07. The van der Waals surface area contributed by atoms with Gasteiger partial charge < -0.3 is 10.1 Å². The van der Waals surface area contributed by atoms with Crippen molar-refractivity contribution in [3.63, 3.8) is 0 Å². The Morgan fingerprint density at radius 1 is 1.17 bits per heavy atom. The summed E-state index contributed by atoms with van der Waals surface area (Å²) >= 11 is 0. The third kappa shape index (κ3) is 4.71. The van der Waals surface area contributed by atoms with Crippen LogP contribution in [0.2, 0.25) is 0 Å². The zero-order chi connectivity index (χ0) is 17.7. The van der Waals surface area contributed by atoms with Gasteiger partial charge in [-0.1, -0.05) is 6.07 Å². The van der Waals surface area contributed by atoms with Crippen LogP contribution in [0.4, 0.5) is 13.2 Å². The predicted molar refractivity (Wildman–Crippen MR) is 82.3 cm³/mol. The second-order valence-corrected chi connectivity index (χ2v) is 5.30. The Bertz CT molecular complexity index is 690. The lowest BCUT2D eigenvalue weighted by atomic mass is 10.1. The Morgan fingerprint density at radius 3 is 2.46 bits per heavy atom. The number of halogens is 3. The van der Waals surface area contributed by atoms with Crippen molar-refractivity contribution in [1.29, 1.82) is 0 Å². The number of amides is 1. The van der Waals surface area contributed by atoms with Crippen LogP contribution in [0.3, 0.4) is 0 Å². The van der Waals surface area contributed by atoms with Crippen molar-refractivity contribution < 1.29 is 22.7 Å². The molecule has 7 heteroatoms. The number of rotatable bonds is 5. The van der Waals surface area contributed by atoms with E-state index in [1.165, 1.54) is 19.1 Å². The highest BCUT2D eigenvalue weighted by molar-refractivity contribution is 5.81. The maximum absolute atomic E-state index is 12.7. The molecule has 2 atom stereocenters. The van der Waals surface area contributed by atoms with Gasteiger partial charge >= 0.3 is 6.18 Å². The van der Waals surface area contributed by atoms with Crippen molar-refractivity contribution in [1.82, 2.24) is 10.3 Å². The van der Waals surface area contributed by atoms with Gasteiger partial charge in [-0.3, -0.25) is 9.78 Å². The molecule has 1 heterocycles. The number of pyridine rings is 1.